The van der Waals surface area contributed by atoms with Gasteiger partial charge in [0.05, 0.1) is 0 Å². The lowest BCUT2D eigenvalue weighted by Gasteiger charge is -2.01. The fraction of sp³-hybridized carbons (Fsp3) is 0.929. The smallest absolute Gasteiger partial charge is 0.309 e. The molecule has 0 aliphatic carbocycles. The quantitative estimate of drug-likeness (QED) is 0.300. The molecule has 0 saturated carbocycles. The molecule has 0 fully saturated rings. The Bertz CT molecular complexity index is 98.4. The normalized spacial score (nSPS) is 9.41. The molecule has 0 atom stereocenters. The van der Waals surface area contributed by atoms with E-state index in [0.717, 1.165) is 6.42 Å². The van der Waals surface area contributed by atoms with E-state index in [1.807, 2.05) is 0 Å². The van der Waals surface area contributed by atoms with E-state index in [-0.39, 0.29) is 0 Å². The average Bonchev–Trinajstić information content (AvgIpc) is 2.33. The van der Waals surface area contributed by atoms with Crippen molar-refractivity contribution in [3.63, 3.8) is 0 Å². The van der Waals surface area contributed by atoms with E-state index in [4.69, 9.17) is 18.1 Å². The third-order valence-electron chi connectivity index (χ3n) is 2.85. The highest BCUT2D eigenvalue weighted by Gasteiger charge is 1.91. The minimum Gasteiger partial charge on any atom is -0.309 e. The molecular weight excluding hydrogens is 263 g/mol. The molecule has 0 nitrogen and oxygen atoms in total. The number of rotatable bonds is 11. The highest BCUT2D eigenvalue weighted by Crippen LogP contribution is 2.11. The summed E-state index contributed by atoms with van der Waals surface area (Å²) in [5, 5.41) is 0. The fourth-order valence-corrected chi connectivity index (χ4v) is 1.84. The van der Waals surface area contributed by atoms with Gasteiger partial charge in [0.15, 0.2) is 0 Å². The van der Waals surface area contributed by atoms with Crippen molar-refractivity contribution in [2.45, 2.75) is 84.0 Å². The van der Waals surface area contributed by atoms with Gasteiger partial charge < -0.3 is 18.1 Å². The summed E-state index contributed by atoms with van der Waals surface area (Å²) in [4.78, 5) is 0. The molecule has 0 aliphatic heterocycles. The van der Waals surface area contributed by atoms with Crippen molar-refractivity contribution in [3.8, 4) is 0 Å². The SMILES string of the molecule is [CH2]CCCCCCCCCCCCC.[Cl][Mg][Cl]. The van der Waals surface area contributed by atoms with Crippen molar-refractivity contribution in [2.75, 3.05) is 0 Å². The first kappa shape index (κ1) is 20.7. The molecule has 101 valence electrons. The highest BCUT2D eigenvalue weighted by atomic mass is 35.6. The van der Waals surface area contributed by atoms with Gasteiger partial charge in [0.1, 0.15) is 0 Å². The summed E-state index contributed by atoms with van der Waals surface area (Å²) in [7, 11) is 9.81. The highest BCUT2D eigenvalue weighted by molar-refractivity contribution is 7.22. The van der Waals surface area contributed by atoms with Crippen LogP contribution in [-0.2, 0) is 0 Å². The van der Waals surface area contributed by atoms with E-state index in [2.05, 4.69) is 13.8 Å². The van der Waals surface area contributed by atoms with Crippen molar-refractivity contribution >= 4 is 36.3 Å². The Morgan fingerprint density at radius 3 is 1.29 bits per heavy atom. The first-order chi connectivity index (χ1) is 8.33. The third-order valence-corrected chi connectivity index (χ3v) is 2.85. The summed E-state index contributed by atoms with van der Waals surface area (Å²) in [6.07, 6.45) is 16.9. The molecular formula is C14H29Cl2Mg. The van der Waals surface area contributed by atoms with Crippen molar-refractivity contribution in [3.05, 3.63) is 6.92 Å². The predicted molar refractivity (Wildman–Crippen MR) is 83.9 cm³/mol. The Hall–Kier alpha value is 1.35. The van der Waals surface area contributed by atoms with Crippen LogP contribution in [-0.4, -0.2) is 18.2 Å². The van der Waals surface area contributed by atoms with E-state index in [1.165, 1.54) is 70.6 Å². The number of hydrogen-bond donors (Lipinski definition) is 0. The summed E-state index contributed by atoms with van der Waals surface area (Å²) in [6.45, 7) is 6.14. The summed E-state index contributed by atoms with van der Waals surface area (Å²) in [5.41, 5.74) is 0. The Kier molecular flexibility index (Phi) is 27.4. The molecule has 0 unspecified atom stereocenters. The van der Waals surface area contributed by atoms with Gasteiger partial charge in [-0.05, 0) is 0 Å². The molecule has 17 heavy (non-hydrogen) atoms. The van der Waals surface area contributed by atoms with Gasteiger partial charge in [-0.25, -0.2) is 0 Å². The fourth-order valence-electron chi connectivity index (χ4n) is 1.84. The molecule has 0 aromatic heterocycles. The van der Waals surface area contributed by atoms with Gasteiger partial charge in [0.25, 0.3) is 0 Å². The molecule has 0 bridgehead atoms. The van der Waals surface area contributed by atoms with Crippen LogP contribution in [0, 0.1) is 6.92 Å². The van der Waals surface area contributed by atoms with Gasteiger partial charge in [-0.2, -0.15) is 0 Å². The Labute approximate surface area is 126 Å². The van der Waals surface area contributed by atoms with Crippen molar-refractivity contribution in [2.24, 2.45) is 0 Å². The first-order valence-electron chi connectivity index (χ1n) is 7.24. The second-order valence-corrected chi connectivity index (χ2v) is 7.12. The lowest BCUT2D eigenvalue weighted by Crippen LogP contribution is -1.81. The third kappa shape index (κ3) is 26.8. The first-order valence-corrected chi connectivity index (χ1v) is 11.5. The Morgan fingerprint density at radius 2 is 1.00 bits per heavy atom. The molecule has 1 radical (unpaired) electrons. The van der Waals surface area contributed by atoms with E-state index >= 15 is 0 Å². The largest absolute Gasteiger partial charge is 0.618 e. The molecule has 0 aromatic carbocycles. The molecule has 0 saturated heterocycles. The minimum atomic E-state index is -0.639. The van der Waals surface area contributed by atoms with Crippen LogP contribution in [0.1, 0.15) is 84.0 Å². The van der Waals surface area contributed by atoms with Gasteiger partial charge >= 0.3 is 18.2 Å². The average molecular weight is 293 g/mol. The van der Waals surface area contributed by atoms with Crippen LogP contribution in [0.15, 0.2) is 0 Å². The molecule has 0 aromatic rings. The predicted octanol–water partition coefficient (Wildman–Crippen LogP) is 6.52. The Balaban J connectivity index is 0. The maximum Gasteiger partial charge on any atom is 0.618 e. The van der Waals surface area contributed by atoms with Crippen molar-refractivity contribution in [1.29, 1.82) is 0 Å². The topological polar surface area (TPSA) is 0 Å². The minimum absolute atomic E-state index is 0.639. The van der Waals surface area contributed by atoms with E-state index in [9.17, 15) is 0 Å². The van der Waals surface area contributed by atoms with Crippen molar-refractivity contribution < 1.29 is 0 Å². The Morgan fingerprint density at radius 1 is 0.706 bits per heavy atom. The van der Waals surface area contributed by atoms with Gasteiger partial charge in [0.2, 0.25) is 0 Å². The molecule has 0 aliphatic rings. The lowest BCUT2D eigenvalue weighted by atomic mass is 10.1. The zero-order valence-corrected chi connectivity index (χ0v) is 14.6. The maximum absolute atomic E-state index is 4.90. The van der Waals surface area contributed by atoms with E-state index in [0.29, 0.717) is 0 Å². The van der Waals surface area contributed by atoms with Gasteiger partial charge in [-0.15, -0.1) is 0 Å². The molecule has 0 amide bonds. The number of unbranched alkanes of at least 4 members (excludes halogenated alkanes) is 11. The zero-order valence-electron chi connectivity index (χ0n) is 11.7. The van der Waals surface area contributed by atoms with Gasteiger partial charge in [-0.3, -0.25) is 0 Å². The monoisotopic (exact) mass is 291 g/mol. The van der Waals surface area contributed by atoms with Crippen LogP contribution >= 0.6 is 18.1 Å². The molecule has 0 rings (SSSR count). The van der Waals surface area contributed by atoms with Crippen LogP contribution in [0.3, 0.4) is 0 Å². The van der Waals surface area contributed by atoms with E-state index < -0.39 is 18.2 Å². The summed E-state index contributed by atoms with van der Waals surface area (Å²) < 4.78 is 0. The number of halogens is 2. The number of hydrogen-bond acceptors (Lipinski definition) is 0. The summed E-state index contributed by atoms with van der Waals surface area (Å²) in [5.74, 6) is 0. The standard InChI is InChI=1S/C14H29.2ClH.Mg/c1-3-5-7-9-11-13-14-12-10-8-6-4-2;;;/h1,3-14H2,2H3;2*1H;/q;;;+2/p-2. The lowest BCUT2D eigenvalue weighted by molar-refractivity contribution is 0.550. The van der Waals surface area contributed by atoms with Gasteiger partial charge in [-0.1, -0.05) is 90.9 Å². The molecule has 0 heterocycles. The van der Waals surface area contributed by atoms with Crippen LogP contribution in [0.25, 0.3) is 0 Å². The summed E-state index contributed by atoms with van der Waals surface area (Å²) in [6, 6.07) is 0. The van der Waals surface area contributed by atoms with Crippen LogP contribution < -0.4 is 0 Å². The van der Waals surface area contributed by atoms with Crippen LogP contribution in [0.4, 0.5) is 0 Å². The second-order valence-electron chi connectivity index (χ2n) is 4.49. The molecule has 0 spiro atoms. The van der Waals surface area contributed by atoms with Crippen LogP contribution in [0.2, 0.25) is 0 Å². The molecule has 0 N–H and O–H groups in total. The molecule has 3 heteroatoms. The maximum atomic E-state index is 4.90. The summed E-state index contributed by atoms with van der Waals surface area (Å²) >= 11 is -0.639. The van der Waals surface area contributed by atoms with Crippen molar-refractivity contribution in [1.82, 2.24) is 0 Å². The van der Waals surface area contributed by atoms with Gasteiger partial charge in [0, 0.05) is 0 Å². The van der Waals surface area contributed by atoms with Crippen LogP contribution in [0.5, 0.6) is 0 Å². The second kappa shape index (κ2) is 22.5. The van der Waals surface area contributed by atoms with E-state index in [1.54, 1.807) is 0 Å². The zero-order chi connectivity index (χ0) is 13.2.